The molecule has 5 nitrogen and oxygen atoms in total. The Morgan fingerprint density at radius 1 is 1.00 bits per heavy atom. The number of rotatable bonds is 4. The summed E-state index contributed by atoms with van der Waals surface area (Å²) >= 11 is 0. The minimum Gasteiger partial charge on any atom is -0.381 e. The van der Waals surface area contributed by atoms with Gasteiger partial charge in [0.2, 0.25) is 0 Å². The molecule has 0 spiro atoms. The fraction of sp³-hybridized carbons (Fsp3) is 0.0714. The van der Waals surface area contributed by atoms with Gasteiger partial charge in [-0.05, 0) is 34.2 Å². The molecule has 0 radical (unpaired) electrons. The molecule has 2 aromatic carbocycles. The number of nitrogens with one attached hydrogen (secondary N) is 1. The lowest BCUT2D eigenvalue weighted by Crippen LogP contribution is -2.01. The SMILES string of the molecule is c1ccc(CNc2cccc(-n3cnnn3)c2)cc1. The van der Waals surface area contributed by atoms with Crippen molar-refractivity contribution in [1.29, 1.82) is 0 Å². The highest BCUT2D eigenvalue weighted by atomic mass is 15.5. The van der Waals surface area contributed by atoms with Gasteiger partial charge < -0.3 is 5.32 Å². The number of hydrogen-bond acceptors (Lipinski definition) is 4. The van der Waals surface area contributed by atoms with Crippen molar-refractivity contribution in [3.8, 4) is 5.69 Å². The topological polar surface area (TPSA) is 55.6 Å². The van der Waals surface area contributed by atoms with Crippen molar-refractivity contribution in [2.45, 2.75) is 6.54 Å². The molecule has 1 N–H and O–H groups in total. The summed E-state index contributed by atoms with van der Waals surface area (Å²) in [5, 5.41) is 14.5. The molecule has 0 saturated heterocycles. The smallest absolute Gasteiger partial charge is 0.143 e. The second-order valence-corrected chi connectivity index (χ2v) is 4.14. The zero-order valence-corrected chi connectivity index (χ0v) is 10.3. The molecule has 3 rings (SSSR count). The lowest BCUT2D eigenvalue weighted by atomic mass is 10.2. The summed E-state index contributed by atoms with van der Waals surface area (Å²) in [5.41, 5.74) is 3.22. The fourth-order valence-corrected chi connectivity index (χ4v) is 1.84. The van der Waals surface area contributed by atoms with Gasteiger partial charge in [0.05, 0.1) is 5.69 Å². The maximum Gasteiger partial charge on any atom is 0.143 e. The van der Waals surface area contributed by atoms with Gasteiger partial charge in [-0.1, -0.05) is 36.4 Å². The maximum atomic E-state index is 3.87. The second kappa shape index (κ2) is 5.30. The second-order valence-electron chi connectivity index (χ2n) is 4.14. The van der Waals surface area contributed by atoms with Gasteiger partial charge in [-0.25, -0.2) is 4.68 Å². The summed E-state index contributed by atoms with van der Waals surface area (Å²) in [4.78, 5) is 0. The summed E-state index contributed by atoms with van der Waals surface area (Å²) in [6.07, 6.45) is 1.58. The molecule has 1 aromatic heterocycles. The van der Waals surface area contributed by atoms with Crippen LogP contribution in [0.15, 0.2) is 60.9 Å². The summed E-state index contributed by atoms with van der Waals surface area (Å²) in [6.45, 7) is 0.792. The van der Waals surface area contributed by atoms with Crippen molar-refractivity contribution in [3.63, 3.8) is 0 Å². The number of aromatic nitrogens is 4. The third-order valence-corrected chi connectivity index (χ3v) is 2.80. The van der Waals surface area contributed by atoms with Crippen LogP contribution in [0.25, 0.3) is 5.69 Å². The first-order valence-corrected chi connectivity index (χ1v) is 6.03. The summed E-state index contributed by atoms with van der Waals surface area (Å²) in [5.74, 6) is 0. The first kappa shape index (κ1) is 11.4. The monoisotopic (exact) mass is 251 g/mol. The molecule has 0 aliphatic heterocycles. The molecule has 19 heavy (non-hydrogen) atoms. The average Bonchev–Trinajstić information content (AvgIpc) is 3.01. The zero-order chi connectivity index (χ0) is 12.9. The van der Waals surface area contributed by atoms with Gasteiger partial charge in [-0.15, -0.1) is 5.10 Å². The number of nitrogens with zero attached hydrogens (tertiary/aromatic N) is 4. The van der Waals surface area contributed by atoms with E-state index in [1.165, 1.54) is 5.56 Å². The van der Waals surface area contributed by atoms with Crippen molar-refractivity contribution in [1.82, 2.24) is 20.2 Å². The predicted molar refractivity (Wildman–Crippen MR) is 72.9 cm³/mol. The lowest BCUT2D eigenvalue weighted by molar-refractivity contribution is 0.789. The molecule has 1 heterocycles. The first-order chi connectivity index (χ1) is 9.42. The third-order valence-electron chi connectivity index (χ3n) is 2.80. The average molecular weight is 251 g/mol. The van der Waals surface area contributed by atoms with Crippen molar-refractivity contribution in [2.75, 3.05) is 5.32 Å². The van der Waals surface area contributed by atoms with E-state index >= 15 is 0 Å². The number of anilines is 1. The van der Waals surface area contributed by atoms with Crippen LogP contribution in [0.1, 0.15) is 5.56 Å². The summed E-state index contributed by atoms with van der Waals surface area (Å²) < 4.78 is 1.63. The molecule has 0 bridgehead atoms. The highest BCUT2D eigenvalue weighted by Crippen LogP contribution is 2.14. The Kier molecular flexibility index (Phi) is 3.18. The van der Waals surface area contributed by atoms with E-state index in [4.69, 9.17) is 0 Å². The van der Waals surface area contributed by atoms with E-state index < -0.39 is 0 Å². The van der Waals surface area contributed by atoms with Gasteiger partial charge in [-0.2, -0.15) is 0 Å². The molecule has 0 atom stereocenters. The maximum absolute atomic E-state index is 3.87. The molecule has 0 aliphatic rings. The molecule has 94 valence electrons. The largest absolute Gasteiger partial charge is 0.381 e. The number of hydrogen-bond donors (Lipinski definition) is 1. The van der Waals surface area contributed by atoms with Gasteiger partial charge in [0, 0.05) is 12.2 Å². The Bertz CT molecular complexity index is 634. The van der Waals surface area contributed by atoms with Crippen molar-refractivity contribution < 1.29 is 0 Å². The van der Waals surface area contributed by atoms with E-state index in [2.05, 4.69) is 33.0 Å². The van der Waals surface area contributed by atoms with Crippen LogP contribution in [0.5, 0.6) is 0 Å². The standard InChI is InChI=1S/C14H13N5/c1-2-5-12(6-3-1)10-15-13-7-4-8-14(9-13)19-11-16-17-18-19/h1-9,11,15H,10H2. The van der Waals surface area contributed by atoms with E-state index in [0.29, 0.717) is 0 Å². The zero-order valence-electron chi connectivity index (χ0n) is 10.3. The van der Waals surface area contributed by atoms with E-state index in [1.54, 1.807) is 11.0 Å². The van der Waals surface area contributed by atoms with Crippen LogP contribution in [0.4, 0.5) is 5.69 Å². The van der Waals surface area contributed by atoms with E-state index in [1.807, 2.05) is 42.5 Å². The Hall–Kier alpha value is -2.69. The Balaban J connectivity index is 1.74. The van der Waals surface area contributed by atoms with Crippen molar-refractivity contribution in [3.05, 3.63) is 66.5 Å². The normalized spacial score (nSPS) is 10.3. The molecule has 3 aromatic rings. The third kappa shape index (κ3) is 2.77. The molecular formula is C14H13N5. The Labute approximate surface area is 110 Å². The van der Waals surface area contributed by atoms with Gasteiger partial charge >= 0.3 is 0 Å². The lowest BCUT2D eigenvalue weighted by Gasteiger charge is -2.08. The van der Waals surface area contributed by atoms with Gasteiger partial charge in [0.15, 0.2) is 0 Å². The van der Waals surface area contributed by atoms with Crippen molar-refractivity contribution in [2.24, 2.45) is 0 Å². The van der Waals surface area contributed by atoms with E-state index in [0.717, 1.165) is 17.9 Å². The van der Waals surface area contributed by atoms with Crippen LogP contribution < -0.4 is 5.32 Å². The van der Waals surface area contributed by atoms with Crippen LogP contribution in [0, 0.1) is 0 Å². The molecule has 5 heteroatoms. The fourth-order valence-electron chi connectivity index (χ4n) is 1.84. The highest BCUT2D eigenvalue weighted by molar-refractivity contribution is 5.50. The van der Waals surface area contributed by atoms with Crippen LogP contribution in [0.3, 0.4) is 0 Å². The molecule has 0 saturated carbocycles. The van der Waals surface area contributed by atoms with Gasteiger partial charge in [0.1, 0.15) is 6.33 Å². The number of tetrazole rings is 1. The molecule has 0 unspecified atom stereocenters. The van der Waals surface area contributed by atoms with Gasteiger partial charge in [0.25, 0.3) is 0 Å². The molecular weight excluding hydrogens is 238 g/mol. The number of benzene rings is 2. The van der Waals surface area contributed by atoms with Crippen LogP contribution >= 0.6 is 0 Å². The van der Waals surface area contributed by atoms with Crippen LogP contribution in [0.2, 0.25) is 0 Å². The minimum atomic E-state index is 0.792. The quantitative estimate of drug-likeness (QED) is 0.773. The summed E-state index contributed by atoms with van der Waals surface area (Å²) in [6, 6.07) is 18.3. The Morgan fingerprint density at radius 3 is 2.68 bits per heavy atom. The first-order valence-electron chi connectivity index (χ1n) is 6.03. The minimum absolute atomic E-state index is 0.792. The summed E-state index contributed by atoms with van der Waals surface area (Å²) in [7, 11) is 0. The van der Waals surface area contributed by atoms with E-state index in [9.17, 15) is 0 Å². The highest BCUT2D eigenvalue weighted by Gasteiger charge is 1.99. The molecule has 0 fully saturated rings. The van der Waals surface area contributed by atoms with Crippen molar-refractivity contribution >= 4 is 5.69 Å². The van der Waals surface area contributed by atoms with Crippen LogP contribution in [-0.2, 0) is 6.54 Å². The Morgan fingerprint density at radius 2 is 1.89 bits per heavy atom. The predicted octanol–water partition coefficient (Wildman–Crippen LogP) is 2.27. The molecule has 0 amide bonds. The van der Waals surface area contributed by atoms with Gasteiger partial charge in [-0.3, -0.25) is 0 Å². The van der Waals surface area contributed by atoms with Crippen LogP contribution in [-0.4, -0.2) is 20.2 Å². The molecule has 0 aliphatic carbocycles. The van der Waals surface area contributed by atoms with E-state index in [-0.39, 0.29) is 0 Å².